The van der Waals surface area contributed by atoms with Gasteiger partial charge in [0.2, 0.25) is 0 Å². The molecule has 1 aromatic carbocycles. The Labute approximate surface area is 135 Å². The smallest absolute Gasteiger partial charge is 0.340 e. The van der Waals surface area contributed by atoms with E-state index in [1.165, 1.54) is 12.8 Å². The van der Waals surface area contributed by atoms with E-state index in [1.807, 2.05) is 40.8 Å². The maximum absolute atomic E-state index is 12.3. The molecule has 2 aromatic rings. The number of aryl methyl sites for hydroxylation is 1. The van der Waals surface area contributed by atoms with Gasteiger partial charge in [0.15, 0.2) is 6.61 Å². The van der Waals surface area contributed by atoms with Crippen LogP contribution in [0.2, 0.25) is 0 Å². The summed E-state index contributed by atoms with van der Waals surface area (Å²) < 4.78 is 7.15. The number of hydrogen-bond donors (Lipinski definition) is 0. The van der Waals surface area contributed by atoms with Crippen LogP contribution in [0.15, 0.2) is 30.5 Å². The standard InChI is InChI=1S/C18H22N2O3/c1-19-12-15(14-8-4-5-9-16(14)19)18(22)23-13-17(21)20-10-6-2-3-7-11-20/h4-5,8-9,12H,2-3,6-7,10-11,13H2,1H3. The lowest BCUT2D eigenvalue weighted by Gasteiger charge is -2.19. The van der Waals surface area contributed by atoms with E-state index in [2.05, 4.69) is 0 Å². The van der Waals surface area contributed by atoms with E-state index in [4.69, 9.17) is 4.74 Å². The highest BCUT2D eigenvalue weighted by atomic mass is 16.5. The van der Waals surface area contributed by atoms with Crippen molar-refractivity contribution in [2.45, 2.75) is 25.7 Å². The van der Waals surface area contributed by atoms with Crippen LogP contribution < -0.4 is 0 Å². The minimum absolute atomic E-state index is 0.0968. The Kier molecular flexibility index (Phi) is 4.65. The van der Waals surface area contributed by atoms with E-state index in [0.717, 1.165) is 36.8 Å². The maximum atomic E-state index is 12.3. The lowest BCUT2D eigenvalue weighted by molar-refractivity contribution is -0.134. The molecule has 0 N–H and O–H groups in total. The molecule has 5 nitrogen and oxygen atoms in total. The van der Waals surface area contributed by atoms with Crippen LogP contribution in [-0.2, 0) is 16.6 Å². The molecule has 0 saturated carbocycles. The Bertz CT molecular complexity index is 712. The van der Waals surface area contributed by atoms with Gasteiger partial charge in [-0.1, -0.05) is 31.0 Å². The number of likely N-dealkylation sites (tertiary alicyclic amines) is 1. The van der Waals surface area contributed by atoms with Crippen molar-refractivity contribution in [1.29, 1.82) is 0 Å². The molecule has 23 heavy (non-hydrogen) atoms. The van der Waals surface area contributed by atoms with Gasteiger partial charge in [0.1, 0.15) is 0 Å². The third kappa shape index (κ3) is 3.38. The molecule has 122 valence electrons. The van der Waals surface area contributed by atoms with E-state index < -0.39 is 5.97 Å². The van der Waals surface area contributed by atoms with Crippen LogP contribution in [0.5, 0.6) is 0 Å². The zero-order valence-corrected chi connectivity index (χ0v) is 13.5. The number of fused-ring (bicyclic) bond motifs is 1. The first-order chi connectivity index (χ1) is 11.2. The number of esters is 1. The summed E-state index contributed by atoms with van der Waals surface area (Å²) in [5.41, 5.74) is 1.48. The van der Waals surface area contributed by atoms with Crippen LogP contribution in [0.3, 0.4) is 0 Å². The number of para-hydroxylation sites is 1. The number of rotatable bonds is 3. The molecule has 1 aliphatic rings. The summed E-state index contributed by atoms with van der Waals surface area (Å²) in [7, 11) is 1.89. The van der Waals surface area contributed by atoms with Crippen molar-refractivity contribution < 1.29 is 14.3 Å². The zero-order chi connectivity index (χ0) is 16.2. The van der Waals surface area contributed by atoms with Crippen LogP contribution in [0.1, 0.15) is 36.0 Å². The first-order valence-electron chi connectivity index (χ1n) is 8.16. The highest BCUT2D eigenvalue weighted by Gasteiger charge is 2.19. The van der Waals surface area contributed by atoms with Crippen molar-refractivity contribution in [3.05, 3.63) is 36.0 Å². The Hall–Kier alpha value is -2.30. The molecule has 1 aromatic heterocycles. The van der Waals surface area contributed by atoms with Crippen molar-refractivity contribution in [3.63, 3.8) is 0 Å². The Morgan fingerprint density at radius 3 is 2.52 bits per heavy atom. The van der Waals surface area contributed by atoms with Crippen LogP contribution in [-0.4, -0.2) is 41.0 Å². The number of carbonyl (C=O) groups excluding carboxylic acids is 2. The molecule has 0 unspecified atom stereocenters. The predicted molar refractivity (Wildman–Crippen MR) is 88.2 cm³/mol. The molecule has 3 rings (SSSR count). The molecule has 0 aliphatic carbocycles. The third-order valence-corrected chi connectivity index (χ3v) is 4.40. The second-order valence-corrected chi connectivity index (χ2v) is 6.04. The molecule has 1 fully saturated rings. The van der Waals surface area contributed by atoms with E-state index in [0.29, 0.717) is 5.56 Å². The number of carbonyl (C=O) groups is 2. The highest BCUT2D eigenvalue weighted by Crippen LogP contribution is 2.21. The molecule has 1 aliphatic heterocycles. The van der Waals surface area contributed by atoms with Crippen LogP contribution in [0.4, 0.5) is 0 Å². The van der Waals surface area contributed by atoms with Crippen LogP contribution in [0.25, 0.3) is 10.9 Å². The highest BCUT2D eigenvalue weighted by molar-refractivity contribution is 6.04. The SMILES string of the molecule is Cn1cc(C(=O)OCC(=O)N2CCCCCC2)c2ccccc21. The molecule has 0 atom stereocenters. The molecular formula is C18H22N2O3. The molecule has 1 amide bonds. The lowest BCUT2D eigenvalue weighted by Crippen LogP contribution is -2.35. The van der Waals surface area contributed by atoms with Gasteiger partial charge in [-0.2, -0.15) is 0 Å². The quantitative estimate of drug-likeness (QED) is 0.819. The average Bonchev–Trinajstić information content (AvgIpc) is 2.76. The fourth-order valence-corrected chi connectivity index (χ4v) is 3.12. The number of ether oxygens (including phenoxy) is 1. The van der Waals surface area contributed by atoms with Crippen molar-refractivity contribution in [1.82, 2.24) is 9.47 Å². The largest absolute Gasteiger partial charge is 0.452 e. The lowest BCUT2D eigenvalue weighted by atomic mass is 10.2. The molecule has 0 spiro atoms. The predicted octanol–water partition coefficient (Wildman–Crippen LogP) is 2.74. The number of amides is 1. The van der Waals surface area contributed by atoms with Gasteiger partial charge >= 0.3 is 5.97 Å². The molecular weight excluding hydrogens is 292 g/mol. The number of nitrogens with zero attached hydrogens (tertiary/aromatic N) is 2. The van der Waals surface area contributed by atoms with Gasteiger partial charge in [0, 0.05) is 37.2 Å². The Balaban J connectivity index is 1.65. The summed E-state index contributed by atoms with van der Waals surface area (Å²) in [5.74, 6) is -0.537. The number of aromatic nitrogens is 1. The topological polar surface area (TPSA) is 51.5 Å². The van der Waals surface area contributed by atoms with Crippen LogP contribution >= 0.6 is 0 Å². The van der Waals surface area contributed by atoms with Gasteiger partial charge in [-0.3, -0.25) is 4.79 Å². The van der Waals surface area contributed by atoms with E-state index in [-0.39, 0.29) is 12.5 Å². The summed E-state index contributed by atoms with van der Waals surface area (Å²) in [6, 6.07) is 7.67. The number of hydrogen-bond acceptors (Lipinski definition) is 3. The first kappa shape index (κ1) is 15.6. The zero-order valence-electron chi connectivity index (χ0n) is 13.5. The maximum Gasteiger partial charge on any atom is 0.340 e. The van der Waals surface area contributed by atoms with Crippen molar-refractivity contribution >= 4 is 22.8 Å². The third-order valence-electron chi connectivity index (χ3n) is 4.40. The summed E-state index contributed by atoms with van der Waals surface area (Å²) in [4.78, 5) is 26.3. The normalized spacial score (nSPS) is 15.4. The molecule has 0 radical (unpaired) electrons. The molecule has 2 heterocycles. The van der Waals surface area contributed by atoms with Gasteiger partial charge in [-0.05, 0) is 18.9 Å². The second-order valence-electron chi connectivity index (χ2n) is 6.04. The van der Waals surface area contributed by atoms with Crippen LogP contribution in [0, 0.1) is 0 Å². The van der Waals surface area contributed by atoms with Gasteiger partial charge in [-0.25, -0.2) is 4.79 Å². The summed E-state index contributed by atoms with van der Waals surface area (Å²) in [6.07, 6.45) is 6.15. The van der Waals surface area contributed by atoms with Gasteiger partial charge < -0.3 is 14.2 Å². The van der Waals surface area contributed by atoms with Crippen molar-refractivity contribution in [3.8, 4) is 0 Å². The monoisotopic (exact) mass is 314 g/mol. The first-order valence-corrected chi connectivity index (χ1v) is 8.16. The van der Waals surface area contributed by atoms with E-state index in [9.17, 15) is 9.59 Å². The summed E-state index contributed by atoms with van der Waals surface area (Å²) >= 11 is 0. The van der Waals surface area contributed by atoms with E-state index >= 15 is 0 Å². The molecule has 0 bridgehead atoms. The van der Waals surface area contributed by atoms with Crippen molar-refractivity contribution in [2.24, 2.45) is 7.05 Å². The van der Waals surface area contributed by atoms with Gasteiger partial charge in [0.25, 0.3) is 5.91 Å². The minimum atomic E-state index is -0.440. The minimum Gasteiger partial charge on any atom is -0.452 e. The van der Waals surface area contributed by atoms with Gasteiger partial charge in [0.05, 0.1) is 5.56 Å². The van der Waals surface area contributed by atoms with Gasteiger partial charge in [-0.15, -0.1) is 0 Å². The van der Waals surface area contributed by atoms with Crippen molar-refractivity contribution in [2.75, 3.05) is 19.7 Å². The summed E-state index contributed by atoms with van der Waals surface area (Å²) in [6.45, 7) is 1.36. The molecule has 5 heteroatoms. The number of benzene rings is 1. The fourth-order valence-electron chi connectivity index (χ4n) is 3.12. The average molecular weight is 314 g/mol. The van der Waals surface area contributed by atoms with E-state index in [1.54, 1.807) is 6.20 Å². The Morgan fingerprint density at radius 1 is 1.09 bits per heavy atom. The fraction of sp³-hybridized carbons (Fsp3) is 0.444. The second kappa shape index (κ2) is 6.86. The Morgan fingerprint density at radius 2 is 1.78 bits per heavy atom. The molecule has 1 saturated heterocycles. The summed E-state index contributed by atoms with van der Waals surface area (Å²) in [5, 5.41) is 0.849.